The average Bonchev–Trinajstić information content (AvgIpc) is 2.54. The molecule has 5 nitrogen and oxygen atoms in total. The van der Waals surface area contributed by atoms with Gasteiger partial charge in [0.15, 0.2) is 0 Å². The lowest BCUT2D eigenvalue weighted by Crippen LogP contribution is -2.35. The fraction of sp³-hybridized carbons (Fsp3) is 0.353. The molecule has 2 heterocycles. The zero-order valence-corrected chi connectivity index (χ0v) is 12.7. The van der Waals surface area contributed by atoms with Gasteiger partial charge in [-0.05, 0) is 37.5 Å². The molecule has 5 heteroatoms. The molecule has 0 spiro atoms. The number of rotatable bonds is 4. The van der Waals surface area contributed by atoms with Crippen LogP contribution in [0.2, 0.25) is 0 Å². The first-order chi connectivity index (χ1) is 10.7. The number of hydrogen-bond acceptors (Lipinski definition) is 4. The monoisotopic (exact) mass is 296 g/mol. The molecule has 1 aromatic carbocycles. The van der Waals surface area contributed by atoms with Gasteiger partial charge in [0.1, 0.15) is 12.1 Å². The van der Waals surface area contributed by atoms with E-state index in [9.17, 15) is 4.79 Å². The molecule has 0 bridgehead atoms. The van der Waals surface area contributed by atoms with Crippen molar-refractivity contribution < 1.29 is 4.79 Å². The van der Waals surface area contributed by atoms with E-state index in [1.54, 1.807) is 6.33 Å². The average molecular weight is 296 g/mol. The van der Waals surface area contributed by atoms with Gasteiger partial charge in [0, 0.05) is 37.0 Å². The fourth-order valence-corrected chi connectivity index (χ4v) is 2.62. The highest BCUT2D eigenvalue weighted by molar-refractivity contribution is 5.93. The van der Waals surface area contributed by atoms with E-state index in [4.69, 9.17) is 0 Å². The Morgan fingerprint density at radius 3 is 2.73 bits per heavy atom. The van der Waals surface area contributed by atoms with Gasteiger partial charge in [0.2, 0.25) is 5.91 Å². The van der Waals surface area contributed by atoms with E-state index in [-0.39, 0.29) is 5.91 Å². The molecule has 0 saturated carbocycles. The lowest BCUT2D eigenvalue weighted by atomic mass is 10.1. The Kier molecular flexibility index (Phi) is 4.32. The molecule has 1 fully saturated rings. The molecule has 3 rings (SSSR count). The summed E-state index contributed by atoms with van der Waals surface area (Å²) in [5.41, 5.74) is 3.09. The number of nitrogens with zero attached hydrogens (tertiary/aromatic N) is 3. The second-order valence-electron chi connectivity index (χ2n) is 5.57. The molecule has 1 aromatic heterocycles. The maximum Gasteiger partial charge on any atom is 0.226 e. The number of benzene rings is 1. The Morgan fingerprint density at radius 1 is 1.18 bits per heavy atom. The van der Waals surface area contributed by atoms with Crippen LogP contribution in [0.15, 0.2) is 36.7 Å². The van der Waals surface area contributed by atoms with Crippen LogP contribution < -0.4 is 10.2 Å². The standard InChI is InChI=1S/C17H20N4O/c1-13-10-16(20-12-19-13)18-11-14-5-7-15(8-6-14)21-9-3-2-4-17(21)22/h5-8,10,12H,2-4,9,11H2,1H3,(H,18,19,20). The molecular formula is C17H20N4O. The lowest BCUT2D eigenvalue weighted by molar-refractivity contribution is -0.119. The first kappa shape index (κ1) is 14.5. The van der Waals surface area contributed by atoms with Crippen LogP contribution in [-0.4, -0.2) is 22.4 Å². The van der Waals surface area contributed by atoms with E-state index in [0.29, 0.717) is 13.0 Å². The van der Waals surface area contributed by atoms with Crippen molar-refractivity contribution in [2.45, 2.75) is 32.7 Å². The van der Waals surface area contributed by atoms with Gasteiger partial charge in [-0.15, -0.1) is 0 Å². The minimum Gasteiger partial charge on any atom is -0.366 e. The molecule has 114 valence electrons. The molecule has 1 aliphatic heterocycles. The number of amides is 1. The third-order valence-electron chi connectivity index (χ3n) is 3.85. The van der Waals surface area contributed by atoms with Crippen molar-refractivity contribution in [3.05, 3.63) is 47.9 Å². The topological polar surface area (TPSA) is 58.1 Å². The zero-order chi connectivity index (χ0) is 15.4. The van der Waals surface area contributed by atoms with Gasteiger partial charge in [-0.1, -0.05) is 12.1 Å². The number of piperidine rings is 1. The van der Waals surface area contributed by atoms with Crippen LogP contribution in [0.4, 0.5) is 11.5 Å². The number of nitrogens with one attached hydrogen (secondary N) is 1. The lowest BCUT2D eigenvalue weighted by Gasteiger charge is -2.26. The molecule has 1 amide bonds. The van der Waals surface area contributed by atoms with Gasteiger partial charge < -0.3 is 10.2 Å². The highest BCUT2D eigenvalue weighted by Gasteiger charge is 2.19. The van der Waals surface area contributed by atoms with Crippen LogP contribution in [0, 0.1) is 6.92 Å². The first-order valence-electron chi connectivity index (χ1n) is 7.64. The summed E-state index contributed by atoms with van der Waals surface area (Å²) >= 11 is 0. The van der Waals surface area contributed by atoms with Crippen LogP contribution in [0.1, 0.15) is 30.5 Å². The Bertz CT molecular complexity index is 654. The zero-order valence-electron chi connectivity index (χ0n) is 12.7. The summed E-state index contributed by atoms with van der Waals surface area (Å²) in [6, 6.07) is 10.1. The third-order valence-corrected chi connectivity index (χ3v) is 3.85. The van der Waals surface area contributed by atoms with Gasteiger partial charge in [0.05, 0.1) is 0 Å². The van der Waals surface area contributed by atoms with Crippen LogP contribution in [0.3, 0.4) is 0 Å². The SMILES string of the molecule is Cc1cc(NCc2ccc(N3CCCCC3=O)cc2)ncn1. The van der Waals surface area contributed by atoms with Crippen molar-refractivity contribution in [2.24, 2.45) is 0 Å². The van der Waals surface area contributed by atoms with Crippen LogP contribution in [0.25, 0.3) is 0 Å². The number of carbonyl (C=O) groups excluding carboxylic acids is 1. The minimum absolute atomic E-state index is 0.230. The van der Waals surface area contributed by atoms with Crippen LogP contribution in [-0.2, 0) is 11.3 Å². The van der Waals surface area contributed by atoms with Crippen molar-refractivity contribution in [3.8, 4) is 0 Å². The number of anilines is 2. The minimum atomic E-state index is 0.230. The highest BCUT2D eigenvalue weighted by atomic mass is 16.2. The molecule has 0 radical (unpaired) electrons. The molecule has 1 aliphatic rings. The maximum atomic E-state index is 11.9. The molecule has 0 atom stereocenters. The summed E-state index contributed by atoms with van der Waals surface area (Å²) in [7, 11) is 0. The van der Waals surface area contributed by atoms with E-state index in [1.165, 1.54) is 0 Å². The Balaban J connectivity index is 1.63. The predicted octanol–water partition coefficient (Wildman–Crippen LogP) is 2.91. The maximum absolute atomic E-state index is 11.9. The summed E-state index contributed by atoms with van der Waals surface area (Å²) in [5, 5.41) is 3.28. The highest BCUT2D eigenvalue weighted by Crippen LogP contribution is 2.21. The quantitative estimate of drug-likeness (QED) is 0.942. The van der Waals surface area contributed by atoms with Gasteiger partial charge in [0.25, 0.3) is 0 Å². The summed E-state index contributed by atoms with van der Waals surface area (Å²) in [6.07, 6.45) is 4.32. The van der Waals surface area contributed by atoms with Crippen molar-refractivity contribution in [1.82, 2.24) is 9.97 Å². The molecule has 0 aliphatic carbocycles. The van der Waals surface area contributed by atoms with Crippen LogP contribution in [0.5, 0.6) is 0 Å². The first-order valence-corrected chi connectivity index (χ1v) is 7.64. The van der Waals surface area contributed by atoms with Gasteiger partial charge in [-0.25, -0.2) is 9.97 Å². The molecule has 22 heavy (non-hydrogen) atoms. The van der Waals surface area contributed by atoms with E-state index in [2.05, 4.69) is 27.4 Å². The predicted molar refractivity (Wildman–Crippen MR) is 86.7 cm³/mol. The summed E-state index contributed by atoms with van der Waals surface area (Å²) in [5.74, 6) is 1.05. The second kappa shape index (κ2) is 6.56. The smallest absolute Gasteiger partial charge is 0.226 e. The molecule has 1 saturated heterocycles. The van der Waals surface area contributed by atoms with Crippen molar-refractivity contribution in [3.63, 3.8) is 0 Å². The Labute approximate surface area is 130 Å². The van der Waals surface area contributed by atoms with Gasteiger partial charge in [-0.2, -0.15) is 0 Å². The van der Waals surface area contributed by atoms with E-state index < -0.39 is 0 Å². The Morgan fingerprint density at radius 2 is 2.00 bits per heavy atom. The third kappa shape index (κ3) is 3.42. The molecule has 1 N–H and O–H groups in total. The largest absolute Gasteiger partial charge is 0.366 e. The normalized spacial score (nSPS) is 15.0. The molecule has 2 aromatic rings. The Hall–Kier alpha value is -2.43. The number of carbonyl (C=O) groups is 1. The molecule has 0 unspecified atom stereocenters. The van der Waals surface area contributed by atoms with Gasteiger partial charge in [-0.3, -0.25) is 4.79 Å². The van der Waals surface area contributed by atoms with E-state index in [0.717, 1.165) is 42.1 Å². The van der Waals surface area contributed by atoms with Crippen molar-refractivity contribution >= 4 is 17.4 Å². The number of aromatic nitrogens is 2. The second-order valence-corrected chi connectivity index (χ2v) is 5.57. The van der Waals surface area contributed by atoms with E-state index in [1.807, 2.05) is 30.0 Å². The summed E-state index contributed by atoms with van der Waals surface area (Å²) < 4.78 is 0. The summed E-state index contributed by atoms with van der Waals surface area (Å²) in [4.78, 5) is 22.1. The molecular weight excluding hydrogens is 276 g/mol. The van der Waals surface area contributed by atoms with Crippen LogP contribution >= 0.6 is 0 Å². The van der Waals surface area contributed by atoms with Gasteiger partial charge >= 0.3 is 0 Å². The van der Waals surface area contributed by atoms with Crippen molar-refractivity contribution in [1.29, 1.82) is 0 Å². The number of aryl methyl sites for hydroxylation is 1. The summed E-state index contributed by atoms with van der Waals surface area (Å²) in [6.45, 7) is 3.47. The fourth-order valence-electron chi connectivity index (χ4n) is 2.62. The van der Waals surface area contributed by atoms with Crippen molar-refractivity contribution in [2.75, 3.05) is 16.8 Å². The number of hydrogen-bond donors (Lipinski definition) is 1. The van der Waals surface area contributed by atoms with E-state index >= 15 is 0 Å².